The summed E-state index contributed by atoms with van der Waals surface area (Å²) in [5, 5.41) is 2.86. The van der Waals surface area contributed by atoms with Gasteiger partial charge in [-0.15, -0.1) is 0 Å². The van der Waals surface area contributed by atoms with Gasteiger partial charge in [0.25, 0.3) is 0 Å². The Morgan fingerprint density at radius 3 is 2.20 bits per heavy atom. The molecular weight excluding hydrogens is 252 g/mol. The first kappa shape index (κ1) is 17.2. The van der Waals surface area contributed by atoms with Gasteiger partial charge in [0, 0.05) is 6.04 Å². The second-order valence-electron chi connectivity index (χ2n) is 6.73. The van der Waals surface area contributed by atoms with E-state index in [-0.39, 0.29) is 23.7 Å². The van der Waals surface area contributed by atoms with Crippen molar-refractivity contribution in [2.24, 2.45) is 11.8 Å². The van der Waals surface area contributed by atoms with Gasteiger partial charge in [-0.1, -0.05) is 20.8 Å². The third-order valence-corrected chi connectivity index (χ3v) is 4.42. The number of carbonyl (C=O) groups excluding carboxylic acids is 2. The Labute approximate surface area is 123 Å². The minimum atomic E-state index is -0.359. The number of likely N-dealkylation sites (N-methyl/N-ethyl adjacent to an activating group) is 1. The molecule has 1 aliphatic carbocycles. The Bertz CT molecular complexity index is 333. The lowest BCUT2D eigenvalue weighted by molar-refractivity contribution is -0.128. The molecule has 1 saturated carbocycles. The van der Waals surface area contributed by atoms with E-state index in [1.807, 2.05) is 20.9 Å². The van der Waals surface area contributed by atoms with E-state index in [0.29, 0.717) is 12.6 Å². The molecule has 116 valence electrons. The SMILES string of the molecule is CC(=O)C(NC(=O)CN(C)C1CCC(C)CC1)C(C)C. The van der Waals surface area contributed by atoms with E-state index < -0.39 is 0 Å². The van der Waals surface area contributed by atoms with Crippen LogP contribution in [0.1, 0.15) is 53.4 Å². The van der Waals surface area contributed by atoms with E-state index >= 15 is 0 Å². The van der Waals surface area contributed by atoms with Crippen LogP contribution >= 0.6 is 0 Å². The monoisotopic (exact) mass is 282 g/mol. The molecule has 1 fully saturated rings. The van der Waals surface area contributed by atoms with Crippen LogP contribution in [-0.2, 0) is 9.59 Å². The molecule has 0 aromatic heterocycles. The molecule has 0 saturated heterocycles. The third kappa shape index (κ3) is 5.23. The molecule has 0 radical (unpaired) electrons. The van der Waals surface area contributed by atoms with Crippen LogP contribution < -0.4 is 5.32 Å². The summed E-state index contributed by atoms with van der Waals surface area (Å²) in [5.41, 5.74) is 0. The summed E-state index contributed by atoms with van der Waals surface area (Å²) >= 11 is 0. The molecule has 1 aliphatic rings. The number of nitrogens with zero attached hydrogens (tertiary/aromatic N) is 1. The summed E-state index contributed by atoms with van der Waals surface area (Å²) in [6.07, 6.45) is 4.84. The van der Waals surface area contributed by atoms with Crippen molar-refractivity contribution >= 4 is 11.7 Å². The molecule has 0 aromatic rings. The second-order valence-corrected chi connectivity index (χ2v) is 6.73. The molecule has 1 unspecified atom stereocenters. The number of carbonyl (C=O) groups is 2. The number of amides is 1. The van der Waals surface area contributed by atoms with Crippen molar-refractivity contribution in [2.75, 3.05) is 13.6 Å². The molecule has 0 heterocycles. The first-order valence-electron chi connectivity index (χ1n) is 7.81. The fourth-order valence-electron chi connectivity index (χ4n) is 3.00. The maximum atomic E-state index is 12.1. The zero-order valence-corrected chi connectivity index (χ0v) is 13.6. The van der Waals surface area contributed by atoms with Crippen LogP contribution in [0.2, 0.25) is 0 Å². The molecule has 0 aromatic carbocycles. The lowest BCUT2D eigenvalue weighted by Crippen LogP contribution is -2.48. The smallest absolute Gasteiger partial charge is 0.234 e. The van der Waals surface area contributed by atoms with Crippen molar-refractivity contribution in [1.82, 2.24) is 10.2 Å². The highest BCUT2D eigenvalue weighted by Crippen LogP contribution is 2.26. The van der Waals surface area contributed by atoms with Crippen LogP contribution in [0.3, 0.4) is 0 Å². The first-order chi connectivity index (χ1) is 9.31. The average molecular weight is 282 g/mol. The van der Waals surface area contributed by atoms with Crippen molar-refractivity contribution < 1.29 is 9.59 Å². The minimum absolute atomic E-state index is 0.0301. The van der Waals surface area contributed by atoms with E-state index in [4.69, 9.17) is 0 Å². The lowest BCUT2D eigenvalue weighted by Gasteiger charge is -2.33. The Kier molecular flexibility index (Phi) is 6.66. The second kappa shape index (κ2) is 7.77. The normalized spacial score (nSPS) is 24.8. The van der Waals surface area contributed by atoms with Crippen molar-refractivity contribution in [2.45, 2.75) is 65.5 Å². The van der Waals surface area contributed by atoms with Crippen LogP contribution in [0.4, 0.5) is 0 Å². The molecule has 1 rings (SSSR count). The maximum Gasteiger partial charge on any atom is 0.234 e. The average Bonchev–Trinajstić information content (AvgIpc) is 2.35. The van der Waals surface area contributed by atoms with Crippen LogP contribution in [0.15, 0.2) is 0 Å². The number of hydrogen-bond acceptors (Lipinski definition) is 3. The van der Waals surface area contributed by atoms with Gasteiger partial charge in [0.1, 0.15) is 0 Å². The zero-order valence-electron chi connectivity index (χ0n) is 13.6. The molecule has 1 N–H and O–H groups in total. The number of Topliss-reactive ketones (excluding diaryl/α,β-unsaturated/α-hetero) is 1. The lowest BCUT2D eigenvalue weighted by atomic mass is 9.87. The highest BCUT2D eigenvalue weighted by atomic mass is 16.2. The molecule has 1 amide bonds. The van der Waals surface area contributed by atoms with Crippen molar-refractivity contribution in [3.63, 3.8) is 0 Å². The van der Waals surface area contributed by atoms with Gasteiger partial charge in [-0.05, 0) is 51.5 Å². The zero-order chi connectivity index (χ0) is 15.3. The van der Waals surface area contributed by atoms with Crippen molar-refractivity contribution in [3.8, 4) is 0 Å². The topological polar surface area (TPSA) is 49.4 Å². The Morgan fingerprint density at radius 2 is 1.75 bits per heavy atom. The Hall–Kier alpha value is -0.900. The van der Waals surface area contributed by atoms with Crippen molar-refractivity contribution in [1.29, 1.82) is 0 Å². The van der Waals surface area contributed by atoms with Gasteiger partial charge in [0.15, 0.2) is 5.78 Å². The van der Waals surface area contributed by atoms with Crippen molar-refractivity contribution in [3.05, 3.63) is 0 Å². The van der Waals surface area contributed by atoms with Gasteiger partial charge in [-0.25, -0.2) is 0 Å². The fraction of sp³-hybridized carbons (Fsp3) is 0.875. The molecule has 4 heteroatoms. The quantitative estimate of drug-likeness (QED) is 0.812. The van der Waals surface area contributed by atoms with E-state index in [9.17, 15) is 9.59 Å². The maximum absolute atomic E-state index is 12.1. The van der Waals surface area contributed by atoms with Gasteiger partial charge in [0.2, 0.25) is 5.91 Å². The largest absolute Gasteiger partial charge is 0.345 e. The van der Waals surface area contributed by atoms with Crippen LogP contribution in [0.5, 0.6) is 0 Å². The molecular formula is C16H30N2O2. The molecule has 0 aliphatic heterocycles. The van der Waals surface area contributed by atoms with Gasteiger partial charge in [-0.3, -0.25) is 14.5 Å². The standard InChI is InChI=1S/C16H30N2O2/c1-11(2)16(13(4)19)17-15(20)10-18(5)14-8-6-12(3)7-9-14/h11-12,14,16H,6-10H2,1-5H3,(H,17,20). The molecule has 0 spiro atoms. The summed E-state index contributed by atoms with van der Waals surface area (Å²) in [4.78, 5) is 25.7. The summed E-state index contributed by atoms with van der Waals surface area (Å²) in [5.74, 6) is 0.941. The number of nitrogens with one attached hydrogen (secondary N) is 1. The molecule has 0 bridgehead atoms. The van der Waals surface area contributed by atoms with E-state index in [2.05, 4.69) is 17.1 Å². The third-order valence-electron chi connectivity index (χ3n) is 4.42. The van der Waals surface area contributed by atoms with Crippen LogP contribution in [-0.4, -0.2) is 42.3 Å². The molecule has 20 heavy (non-hydrogen) atoms. The van der Waals surface area contributed by atoms with Gasteiger partial charge < -0.3 is 5.32 Å². The van der Waals surface area contributed by atoms with E-state index in [1.165, 1.54) is 32.6 Å². The molecule has 1 atom stereocenters. The summed E-state index contributed by atoms with van der Waals surface area (Å²) < 4.78 is 0. The highest BCUT2D eigenvalue weighted by molar-refractivity contribution is 5.88. The highest BCUT2D eigenvalue weighted by Gasteiger charge is 2.25. The number of rotatable bonds is 6. The fourth-order valence-corrected chi connectivity index (χ4v) is 3.00. The summed E-state index contributed by atoms with van der Waals surface area (Å²) in [7, 11) is 2.01. The number of ketones is 1. The Balaban J connectivity index is 2.43. The minimum Gasteiger partial charge on any atom is -0.345 e. The van der Waals surface area contributed by atoms with E-state index in [1.54, 1.807) is 0 Å². The summed E-state index contributed by atoms with van der Waals surface area (Å²) in [6, 6.07) is 0.147. The van der Waals surface area contributed by atoms with Crippen LogP contribution in [0.25, 0.3) is 0 Å². The molecule has 4 nitrogen and oxygen atoms in total. The predicted octanol–water partition coefficient (Wildman–Crippen LogP) is 2.23. The predicted molar refractivity (Wildman–Crippen MR) is 81.5 cm³/mol. The van der Waals surface area contributed by atoms with Gasteiger partial charge in [0.05, 0.1) is 12.6 Å². The van der Waals surface area contributed by atoms with Crippen LogP contribution in [0, 0.1) is 11.8 Å². The first-order valence-corrected chi connectivity index (χ1v) is 7.81. The van der Waals surface area contributed by atoms with Gasteiger partial charge >= 0.3 is 0 Å². The number of hydrogen-bond donors (Lipinski definition) is 1. The summed E-state index contributed by atoms with van der Waals surface area (Å²) in [6.45, 7) is 8.13. The van der Waals surface area contributed by atoms with Gasteiger partial charge in [-0.2, -0.15) is 0 Å². The van der Waals surface area contributed by atoms with E-state index in [0.717, 1.165) is 5.92 Å². The Morgan fingerprint density at radius 1 is 1.20 bits per heavy atom.